The van der Waals surface area contributed by atoms with Gasteiger partial charge in [-0.05, 0) is 51.1 Å². The van der Waals surface area contributed by atoms with E-state index in [0.717, 1.165) is 13.0 Å². The Kier molecular flexibility index (Phi) is 5.74. The van der Waals surface area contributed by atoms with Crippen LogP contribution in [0, 0.1) is 5.41 Å². The molecule has 1 saturated heterocycles. The van der Waals surface area contributed by atoms with Gasteiger partial charge in [-0.15, -0.1) is 0 Å². The fourth-order valence-electron chi connectivity index (χ4n) is 2.72. The molecule has 1 aliphatic heterocycles. The normalized spacial score (nSPS) is 20.5. The Morgan fingerprint density at radius 1 is 1.30 bits per heavy atom. The number of benzene rings is 1. The number of rotatable bonds is 6. The quantitative estimate of drug-likeness (QED) is 0.740. The number of carbonyl (C=O) groups is 2. The molecule has 1 heterocycles. The summed E-state index contributed by atoms with van der Waals surface area (Å²) in [5.74, 6) is -0.169. The predicted octanol–water partition coefficient (Wildman–Crippen LogP) is 1.39. The van der Waals surface area contributed by atoms with Crippen molar-refractivity contribution in [3.63, 3.8) is 0 Å². The Morgan fingerprint density at radius 2 is 2.00 bits per heavy atom. The molecule has 6 heteroatoms. The van der Waals surface area contributed by atoms with Crippen molar-refractivity contribution in [2.75, 3.05) is 32.1 Å². The highest BCUT2D eigenvalue weighted by molar-refractivity contribution is 5.97. The van der Waals surface area contributed by atoms with E-state index >= 15 is 0 Å². The zero-order chi connectivity index (χ0) is 16.9. The minimum atomic E-state index is -0.525. The summed E-state index contributed by atoms with van der Waals surface area (Å²) >= 11 is 0. The monoisotopic (exact) mass is 319 g/mol. The third-order valence-electron chi connectivity index (χ3n) is 3.97. The number of hydrogen-bond donors (Lipinski definition) is 3. The lowest BCUT2D eigenvalue weighted by Crippen LogP contribution is -2.41. The summed E-state index contributed by atoms with van der Waals surface area (Å²) in [6.45, 7) is 5.64. The van der Waals surface area contributed by atoms with Crippen molar-refractivity contribution >= 4 is 17.5 Å². The van der Waals surface area contributed by atoms with Gasteiger partial charge in [0.05, 0.1) is 12.0 Å². The van der Waals surface area contributed by atoms with Crippen LogP contribution in [0.2, 0.25) is 0 Å². The number of hydrogen-bond acceptors (Lipinski definition) is 4. The Bertz CT molecular complexity index is 549. The fourth-order valence-corrected chi connectivity index (χ4v) is 2.72. The molecule has 0 aromatic heterocycles. The molecule has 23 heavy (non-hydrogen) atoms. The highest BCUT2D eigenvalue weighted by atomic mass is 16.5. The zero-order valence-electron chi connectivity index (χ0n) is 13.9. The molecule has 126 valence electrons. The fraction of sp³-hybridized carbons (Fsp3) is 0.529. The van der Waals surface area contributed by atoms with E-state index in [4.69, 9.17) is 4.74 Å². The zero-order valence-corrected chi connectivity index (χ0v) is 13.9. The number of amides is 2. The van der Waals surface area contributed by atoms with Gasteiger partial charge in [-0.2, -0.15) is 0 Å². The first-order chi connectivity index (χ1) is 11.0. The molecular weight excluding hydrogens is 294 g/mol. The van der Waals surface area contributed by atoms with Crippen LogP contribution < -0.4 is 16.0 Å². The van der Waals surface area contributed by atoms with E-state index in [1.54, 1.807) is 31.4 Å². The molecular formula is C17H25N3O3. The van der Waals surface area contributed by atoms with Crippen molar-refractivity contribution in [3.05, 3.63) is 29.8 Å². The molecule has 2 amide bonds. The lowest BCUT2D eigenvalue weighted by Gasteiger charge is -2.26. The average molecular weight is 319 g/mol. The van der Waals surface area contributed by atoms with Crippen LogP contribution in [0.5, 0.6) is 0 Å². The van der Waals surface area contributed by atoms with Gasteiger partial charge in [0.2, 0.25) is 5.91 Å². The first-order valence-electron chi connectivity index (χ1n) is 7.89. The topological polar surface area (TPSA) is 79.5 Å². The van der Waals surface area contributed by atoms with E-state index in [2.05, 4.69) is 16.0 Å². The van der Waals surface area contributed by atoms with Gasteiger partial charge in [0.25, 0.3) is 5.91 Å². The van der Waals surface area contributed by atoms with E-state index in [0.29, 0.717) is 24.4 Å². The smallest absolute Gasteiger partial charge is 0.251 e. The maximum Gasteiger partial charge on any atom is 0.251 e. The van der Waals surface area contributed by atoms with Crippen molar-refractivity contribution in [1.82, 2.24) is 10.6 Å². The molecule has 0 aliphatic carbocycles. The molecule has 3 N–H and O–H groups in total. The van der Waals surface area contributed by atoms with Gasteiger partial charge in [0, 0.05) is 30.9 Å². The maximum absolute atomic E-state index is 12.6. The second-order valence-electron chi connectivity index (χ2n) is 6.30. The van der Waals surface area contributed by atoms with Crippen molar-refractivity contribution in [2.45, 2.75) is 26.3 Å². The molecule has 1 aromatic carbocycles. The first-order valence-corrected chi connectivity index (χ1v) is 7.89. The molecule has 1 atom stereocenters. The lowest BCUT2D eigenvalue weighted by molar-refractivity contribution is -0.127. The Labute approximate surface area is 137 Å². The number of ether oxygens (including phenoxy) is 1. The van der Waals surface area contributed by atoms with Gasteiger partial charge in [0.1, 0.15) is 0 Å². The van der Waals surface area contributed by atoms with Crippen LogP contribution in [0.3, 0.4) is 0 Å². The van der Waals surface area contributed by atoms with Crippen molar-refractivity contribution in [3.8, 4) is 0 Å². The highest BCUT2D eigenvalue weighted by Gasteiger charge is 2.41. The van der Waals surface area contributed by atoms with Crippen LogP contribution in [0.15, 0.2) is 24.3 Å². The number of carbonyl (C=O) groups excluding carboxylic acids is 2. The minimum Gasteiger partial charge on any atom is -0.384 e. The largest absolute Gasteiger partial charge is 0.384 e. The summed E-state index contributed by atoms with van der Waals surface area (Å²) in [7, 11) is 1.61. The summed E-state index contributed by atoms with van der Waals surface area (Å²) < 4.78 is 5.22. The summed E-state index contributed by atoms with van der Waals surface area (Å²) in [6.07, 6.45) is 0.752. The van der Waals surface area contributed by atoms with Gasteiger partial charge in [-0.1, -0.05) is 0 Å². The van der Waals surface area contributed by atoms with Crippen LogP contribution in [-0.4, -0.2) is 44.7 Å². The Balaban J connectivity index is 2.02. The average Bonchev–Trinajstić information content (AvgIpc) is 2.97. The maximum atomic E-state index is 12.6. The summed E-state index contributed by atoms with van der Waals surface area (Å²) in [4.78, 5) is 24.5. The van der Waals surface area contributed by atoms with Crippen molar-refractivity contribution < 1.29 is 14.3 Å². The van der Waals surface area contributed by atoms with Crippen LogP contribution in [0.4, 0.5) is 5.69 Å². The van der Waals surface area contributed by atoms with Crippen LogP contribution in [0.1, 0.15) is 30.6 Å². The SMILES string of the molecule is COCC1(C(=O)Nc2ccc(C(=O)NC(C)C)cc2)CCNC1. The second-order valence-corrected chi connectivity index (χ2v) is 6.30. The third-order valence-corrected chi connectivity index (χ3v) is 3.97. The molecule has 0 spiro atoms. The summed E-state index contributed by atoms with van der Waals surface area (Å²) in [6, 6.07) is 7.00. The Morgan fingerprint density at radius 3 is 2.52 bits per heavy atom. The van der Waals surface area contributed by atoms with Crippen LogP contribution in [0.25, 0.3) is 0 Å². The van der Waals surface area contributed by atoms with E-state index in [9.17, 15) is 9.59 Å². The Hall–Kier alpha value is -1.92. The van der Waals surface area contributed by atoms with Gasteiger partial charge in [0.15, 0.2) is 0 Å². The predicted molar refractivity (Wildman–Crippen MR) is 89.5 cm³/mol. The molecule has 1 aliphatic rings. The van der Waals surface area contributed by atoms with Gasteiger partial charge < -0.3 is 20.7 Å². The van der Waals surface area contributed by atoms with Gasteiger partial charge >= 0.3 is 0 Å². The van der Waals surface area contributed by atoms with E-state index < -0.39 is 5.41 Å². The molecule has 1 unspecified atom stereocenters. The van der Waals surface area contributed by atoms with Crippen LogP contribution in [-0.2, 0) is 9.53 Å². The summed E-state index contributed by atoms with van der Waals surface area (Å²) in [5.41, 5.74) is 0.729. The van der Waals surface area contributed by atoms with Gasteiger partial charge in [-0.3, -0.25) is 9.59 Å². The van der Waals surface area contributed by atoms with Crippen molar-refractivity contribution in [2.24, 2.45) is 5.41 Å². The third kappa shape index (κ3) is 4.30. The first kappa shape index (κ1) is 17.4. The van der Waals surface area contributed by atoms with E-state index in [-0.39, 0.29) is 17.9 Å². The molecule has 0 radical (unpaired) electrons. The van der Waals surface area contributed by atoms with Crippen LogP contribution >= 0.6 is 0 Å². The molecule has 1 aromatic rings. The lowest BCUT2D eigenvalue weighted by atomic mass is 9.87. The number of anilines is 1. The second kappa shape index (κ2) is 7.57. The van der Waals surface area contributed by atoms with Gasteiger partial charge in [-0.25, -0.2) is 0 Å². The molecule has 0 saturated carbocycles. The molecule has 2 rings (SSSR count). The minimum absolute atomic E-state index is 0.0521. The molecule has 1 fully saturated rings. The number of nitrogens with one attached hydrogen (secondary N) is 3. The van der Waals surface area contributed by atoms with E-state index in [1.807, 2.05) is 13.8 Å². The highest BCUT2D eigenvalue weighted by Crippen LogP contribution is 2.27. The number of methoxy groups -OCH3 is 1. The van der Waals surface area contributed by atoms with Crippen molar-refractivity contribution in [1.29, 1.82) is 0 Å². The van der Waals surface area contributed by atoms with E-state index in [1.165, 1.54) is 0 Å². The summed E-state index contributed by atoms with van der Waals surface area (Å²) in [5, 5.41) is 8.97. The standard InChI is InChI=1S/C17H25N3O3/c1-12(2)19-15(21)13-4-6-14(7-5-13)20-16(22)17(11-23-3)8-9-18-10-17/h4-7,12,18H,8-11H2,1-3H3,(H,19,21)(H,20,22). The molecule has 0 bridgehead atoms. The molecule has 6 nitrogen and oxygen atoms in total.